The minimum Gasteiger partial charge on any atom is -0.322 e. The normalized spacial score (nSPS) is 10.7. The summed E-state index contributed by atoms with van der Waals surface area (Å²) in [5, 5.41) is 10.4. The summed E-state index contributed by atoms with van der Waals surface area (Å²) in [5.74, 6) is -0.0642. The predicted molar refractivity (Wildman–Crippen MR) is 145 cm³/mol. The zero-order valence-corrected chi connectivity index (χ0v) is 20.2. The van der Waals surface area contributed by atoms with E-state index in [0.717, 1.165) is 26.9 Å². The number of rotatable bonds is 7. The highest BCUT2D eigenvalue weighted by Crippen LogP contribution is 2.26. The van der Waals surface area contributed by atoms with Crippen LogP contribution in [0.15, 0.2) is 107 Å². The fourth-order valence-electron chi connectivity index (χ4n) is 3.57. The molecule has 0 aliphatic heterocycles. The lowest BCUT2D eigenvalue weighted by Crippen LogP contribution is -2.14. The van der Waals surface area contributed by atoms with Gasteiger partial charge >= 0.3 is 0 Å². The lowest BCUT2D eigenvalue weighted by Gasteiger charge is -2.08. The molecule has 0 aliphatic carbocycles. The fourth-order valence-corrected chi connectivity index (χ4v) is 5.07. The molecule has 0 bridgehead atoms. The molecule has 1 heterocycles. The number of nitrogens with zero attached hydrogens (tertiary/aromatic N) is 1. The Morgan fingerprint density at radius 3 is 2.46 bits per heavy atom. The van der Waals surface area contributed by atoms with E-state index < -0.39 is 0 Å². The Morgan fingerprint density at radius 2 is 1.60 bits per heavy atom. The molecular weight excluding hydrogens is 474 g/mol. The predicted octanol–water partition coefficient (Wildman–Crippen LogP) is 6.95. The van der Waals surface area contributed by atoms with Crippen molar-refractivity contribution in [3.8, 4) is 11.3 Å². The molecule has 1 aromatic heterocycles. The van der Waals surface area contributed by atoms with E-state index in [2.05, 4.69) is 15.6 Å². The topological polar surface area (TPSA) is 71.1 Å². The number of thioether (sulfide) groups is 1. The Hall–Kier alpha value is -3.94. The zero-order chi connectivity index (χ0) is 24.0. The van der Waals surface area contributed by atoms with Gasteiger partial charge in [-0.15, -0.1) is 23.1 Å². The first-order valence-corrected chi connectivity index (χ1v) is 12.8. The SMILES string of the molecule is O=C(CSc1cccc(NC(=O)c2ccc3ccccc3c2)c1)Nc1nc(-c2ccccc2)cs1. The van der Waals surface area contributed by atoms with Crippen LogP contribution in [0.1, 0.15) is 10.4 Å². The maximum absolute atomic E-state index is 12.8. The number of thiazole rings is 1. The number of carbonyl (C=O) groups is 2. The summed E-state index contributed by atoms with van der Waals surface area (Å²) in [6.45, 7) is 0. The molecule has 0 unspecified atom stereocenters. The summed E-state index contributed by atoms with van der Waals surface area (Å²) >= 11 is 2.81. The first-order valence-electron chi connectivity index (χ1n) is 11.0. The summed E-state index contributed by atoms with van der Waals surface area (Å²) in [6, 6.07) is 30.9. The van der Waals surface area contributed by atoms with Crippen LogP contribution in [0, 0.1) is 0 Å². The smallest absolute Gasteiger partial charge is 0.255 e. The summed E-state index contributed by atoms with van der Waals surface area (Å²) < 4.78 is 0. The minimum atomic E-state index is -0.173. The van der Waals surface area contributed by atoms with Gasteiger partial charge in [0, 0.05) is 27.1 Å². The Kier molecular flexibility index (Phi) is 6.88. The quantitative estimate of drug-likeness (QED) is 0.240. The molecule has 0 saturated carbocycles. The van der Waals surface area contributed by atoms with Crippen molar-refractivity contribution in [3.63, 3.8) is 0 Å². The van der Waals surface area contributed by atoms with Gasteiger partial charge < -0.3 is 10.6 Å². The molecule has 0 atom stereocenters. The van der Waals surface area contributed by atoms with Crippen molar-refractivity contribution >= 4 is 56.5 Å². The van der Waals surface area contributed by atoms with Crippen LogP contribution in [0.4, 0.5) is 10.8 Å². The van der Waals surface area contributed by atoms with Crippen LogP contribution in [-0.2, 0) is 4.79 Å². The second-order valence-corrected chi connectivity index (χ2v) is 9.69. The van der Waals surface area contributed by atoms with Crippen LogP contribution in [0.5, 0.6) is 0 Å². The van der Waals surface area contributed by atoms with Crippen molar-refractivity contribution in [2.45, 2.75) is 4.90 Å². The van der Waals surface area contributed by atoms with Gasteiger partial charge in [0.2, 0.25) is 5.91 Å². The number of benzene rings is 4. The van der Waals surface area contributed by atoms with Crippen LogP contribution in [0.25, 0.3) is 22.0 Å². The van der Waals surface area contributed by atoms with Crippen molar-refractivity contribution in [1.29, 1.82) is 0 Å². The number of hydrogen-bond donors (Lipinski definition) is 2. The van der Waals surface area contributed by atoms with Gasteiger partial charge in [-0.2, -0.15) is 0 Å². The molecule has 0 fully saturated rings. The maximum atomic E-state index is 12.8. The summed E-state index contributed by atoms with van der Waals surface area (Å²) in [7, 11) is 0. The number of nitrogens with one attached hydrogen (secondary N) is 2. The second kappa shape index (κ2) is 10.5. The lowest BCUT2D eigenvalue weighted by molar-refractivity contribution is -0.113. The molecular formula is C28H21N3O2S2. The molecule has 2 amide bonds. The van der Waals surface area contributed by atoms with E-state index >= 15 is 0 Å². The molecule has 5 nitrogen and oxygen atoms in total. The van der Waals surface area contributed by atoms with Crippen LogP contribution < -0.4 is 10.6 Å². The first kappa shape index (κ1) is 22.8. The molecule has 0 aliphatic rings. The number of aromatic nitrogens is 1. The first-order chi connectivity index (χ1) is 17.1. The van der Waals surface area contributed by atoms with Crippen molar-refractivity contribution in [1.82, 2.24) is 4.98 Å². The second-order valence-electron chi connectivity index (χ2n) is 7.78. The van der Waals surface area contributed by atoms with Gasteiger partial charge in [-0.1, -0.05) is 66.7 Å². The monoisotopic (exact) mass is 495 g/mol. The van der Waals surface area contributed by atoms with E-state index in [1.54, 1.807) is 0 Å². The van der Waals surface area contributed by atoms with E-state index in [1.165, 1.54) is 23.1 Å². The van der Waals surface area contributed by atoms with Crippen molar-refractivity contribution in [3.05, 3.63) is 108 Å². The van der Waals surface area contributed by atoms with Crippen LogP contribution in [0.3, 0.4) is 0 Å². The number of anilines is 2. The Bertz CT molecular complexity index is 1500. The van der Waals surface area contributed by atoms with Gasteiger partial charge in [0.05, 0.1) is 11.4 Å². The molecule has 35 heavy (non-hydrogen) atoms. The van der Waals surface area contributed by atoms with Gasteiger partial charge in [-0.05, 0) is 41.1 Å². The van der Waals surface area contributed by atoms with Gasteiger partial charge in [0.15, 0.2) is 5.13 Å². The van der Waals surface area contributed by atoms with Gasteiger partial charge in [0.25, 0.3) is 5.91 Å². The van der Waals surface area contributed by atoms with Crippen molar-refractivity contribution in [2.75, 3.05) is 16.4 Å². The maximum Gasteiger partial charge on any atom is 0.255 e. The number of carbonyl (C=O) groups excluding carboxylic acids is 2. The van der Waals surface area contributed by atoms with Crippen LogP contribution in [-0.4, -0.2) is 22.6 Å². The fraction of sp³-hybridized carbons (Fsp3) is 0.0357. The third kappa shape index (κ3) is 5.77. The molecule has 5 rings (SSSR count). The molecule has 4 aromatic carbocycles. The zero-order valence-electron chi connectivity index (χ0n) is 18.6. The highest BCUT2D eigenvalue weighted by molar-refractivity contribution is 8.00. The molecule has 2 N–H and O–H groups in total. The Labute approximate surface area is 211 Å². The summed E-state index contributed by atoms with van der Waals surface area (Å²) in [5.41, 5.74) is 3.13. The van der Waals surface area contributed by atoms with E-state index in [0.29, 0.717) is 16.4 Å². The van der Waals surface area contributed by atoms with Gasteiger partial charge in [0.1, 0.15) is 0 Å². The number of hydrogen-bond acceptors (Lipinski definition) is 5. The summed E-state index contributed by atoms with van der Waals surface area (Å²) in [4.78, 5) is 30.6. The number of fused-ring (bicyclic) bond motifs is 1. The molecule has 0 spiro atoms. The highest BCUT2D eigenvalue weighted by atomic mass is 32.2. The van der Waals surface area contributed by atoms with Gasteiger partial charge in [-0.3, -0.25) is 9.59 Å². The van der Waals surface area contributed by atoms with Gasteiger partial charge in [-0.25, -0.2) is 4.98 Å². The third-order valence-electron chi connectivity index (χ3n) is 5.29. The summed E-state index contributed by atoms with van der Waals surface area (Å²) in [6.07, 6.45) is 0. The van der Waals surface area contributed by atoms with Crippen molar-refractivity contribution in [2.24, 2.45) is 0 Å². The highest BCUT2D eigenvalue weighted by Gasteiger charge is 2.10. The van der Waals surface area contributed by atoms with Crippen molar-refractivity contribution < 1.29 is 9.59 Å². The Morgan fingerprint density at radius 1 is 0.800 bits per heavy atom. The standard InChI is InChI=1S/C28H21N3O2S2/c32-26(31-28-30-25(17-35-28)20-8-2-1-3-9-20)18-34-24-12-6-11-23(16-24)29-27(33)22-14-13-19-7-4-5-10-21(19)15-22/h1-17H,18H2,(H,29,33)(H,30,31,32). The Balaban J connectivity index is 1.17. The van der Waals surface area contributed by atoms with Crippen LogP contribution in [0.2, 0.25) is 0 Å². The van der Waals surface area contributed by atoms with E-state index in [9.17, 15) is 9.59 Å². The largest absolute Gasteiger partial charge is 0.322 e. The minimum absolute atomic E-state index is 0.130. The molecule has 7 heteroatoms. The van der Waals surface area contributed by atoms with E-state index in [4.69, 9.17) is 0 Å². The van der Waals surface area contributed by atoms with E-state index in [-0.39, 0.29) is 17.6 Å². The van der Waals surface area contributed by atoms with Crippen LogP contribution >= 0.6 is 23.1 Å². The number of amides is 2. The molecule has 5 aromatic rings. The molecule has 0 saturated heterocycles. The molecule has 172 valence electrons. The third-order valence-corrected chi connectivity index (χ3v) is 7.05. The van der Waals surface area contributed by atoms with E-state index in [1.807, 2.05) is 102 Å². The lowest BCUT2D eigenvalue weighted by atomic mass is 10.1. The average molecular weight is 496 g/mol. The molecule has 0 radical (unpaired) electrons. The average Bonchev–Trinajstić information content (AvgIpc) is 3.36.